The van der Waals surface area contributed by atoms with Gasteiger partial charge in [0, 0.05) is 45.5 Å². The molecule has 1 aromatic heterocycles. The highest BCUT2D eigenvalue weighted by molar-refractivity contribution is 7.98. The molecule has 1 saturated heterocycles. The predicted molar refractivity (Wildman–Crippen MR) is 118 cm³/mol. The third-order valence-corrected chi connectivity index (χ3v) is 5.83. The molecule has 1 aromatic carbocycles. The number of benzene rings is 1. The first-order valence-corrected chi connectivity index (χ1v) is 11.4. The maximum absolute atomic E-state index is 13.2. The minimum atomic E-state index is -0.199. The molecule has 29 heavy (non-hydrogen) atoms. The molecular formula is C20H30FN7S. The number of aromatic nitrogens is 3. The predicted octanol–water partition coefficient (Wildman–Crippen LogP) is 2.28. The van der Waals surface area contributed by atoms with E-state index in [9.17, 15) is 4.39 Å². The summed E-state index contributed by atoms with van der Waals surface area (Å²) in [4.78, 5) is 9.41. The number of nitrogens with zero attached hydrogens (tertiary/aromatic N) is 6. The molecule has 1 aliphatic rings. The summed E-state index contributed by atoms with van der Waals surface area (Å²) in [5.74, 6) is 3.59. The summed E-state index contributed by atoms with van der Waals surface area (Å²) in [6, 6.07) is 6.73. The van der Waals surface area contributed by atoms with Gasteiger partial charge in [0.05, 0.1) is 0 Å². The van der Waals surface area contributed by atoms with Gasteiger partial charge in [-0.1, -0.05) is 0 Å². The van der Waals surface area contributed by atoms with Gasteiger partial charge in [0.15, 0.2) is 11.8 Å². The Hall–Kier alpha value is -2.29. The average Bonchev–Trinajstić information content (AvgIpc) is 3.06. The number of hydrogen-bond donors (Lipinski definition) is 1. The maximum Gasteiger partial charge on any atom is 0.194 e. The molecule has 2 heterocycles. The first kappa shape index (κ1) is 21.4. The summed E-state index contributed by atoms with van der Waals surface area (Å²) in [7, 11) is 1.97. The molecule has 0 spiro atoms. The van der Waals surface area contributed by atoms with E-state index >= 15 is 0 Å². The van der Waals surface area contributed by atoms with Crippen molar-refractivity contribution in [2.75, 3.05) is 49.6 Å². The van der Waals surface area contributed by atoms with Crippen molar-refractivity contribution in [1.82, 2.24) is 25.0 Å². The highest BCUT2D eigenvalue weighted by Crippen LogP contribution is 2.17. The largest absolute Gasteiger partial charge is 0.368 e. The number of rotatable bonds is 7. The zero-order valence-electron chi connectivity index (χ0n) is 17.4. The molecule has 1 aliphatic heterocycles. The Morgan fingerprint density at radius 2 is 1.90 bits per heavy atom. The summed E-state index contributed by atoms with van der Waals surface area (Å²) in [6.07, 6.45) is 3.22. The van der Waals surface area contributed by atoms with Crippen LogP contribution in [-0.2, 0) is 13.6 Å². The Balaban J connectivity index is 1.63. The van der Waals surface area contributed by atoms with Crippen LogP contribution in [0.1, 0.15) is 18.1 Å². The Labute approximate surface area is 176 Å². The van der Waals surface area contributed by atoms with Crippen molar-refractivity contribution in [2.45, 2.75) is 19.9 Å². The molecule has 0 atom stereocenters. The van der Waals surface area contributed by atoms with Crippen LogP contribution in [0.2, 0.25) is 0 Å². The van der Waals surface area contributed by atoms with E-state index < -0.39 is 0 Å². The SMILES string of the molecule is CSCCCNC(=NCc1nnc(C)n1C)N1CCN(c2ccc(F)cc2)CC1. The van der Waals surface area contributed by atoms with Gasteiger partial charge in [0.1, 0.15) is 18.2 Å². The molecule has 0 amide bonds. The summed E-state index contributed by atoms with van der Waals surface area (Å²) >= 11 is 1.85. The minimum Gasteiger partial charge on any atom is -0.368 e. The third kappa shape index (κ3) is 5.85. The number of thioether (sulfide) groups is 1. The van der Waals surface area contributed by atoms with Crippen LogP contribution in [0.3, 0.4) is 0 Å². The topological polar surface area (TPSA) is 61.6 Å². The molecule has 0 aliphatic carbocycles. The van der Waals surface area contributed by atoms with E-state index in [-0.39, 0.29) is 5.82 Å². The Kier molecular flexibility index (Phi) is 7.74. The normalized spacial score (nSPS) is 15.1. The van der Waals surface area contributed by atoms with Crippen LogP contribution in [0, 0.1) is 12.7 Å². The minimum absolute atomic E-state index is 0.199. The molecular weight excluding hydrogens is 389 g/mol. The van der Waals surface area contributed by atoms with Gasteiger partial charge in [-0.05, 0) is 49.6 Å². The van der Waals surface area contributed by atoms with E-state index in [2.05, 4.69) is 31.6 Å². The van der Waals surface area contributed by atoms with Crippen LogP contribution in [0.15, 0.2) is 29.3 Å². The lowest BCUT2D eigenvalue weighted by molar-refractivity contribution is 0.371. The van der Waals surface area contributed by atoms with Crippen LogP contribution in [0.25, 0.3) is 0 Å². The summed E-state index contributed by atoms with van der Waals surface area (Å²) in [5.41, 5.74) is 1.06. The lowest BCUT2D eigenvalue weighted by atomic mass is 10.2. The number of nitrogens with one attached hydrogen (secondary N) is 1. The maximum atomic E-state index is 13.2. The lowest BCUT2D eigenvalue weighted by Gasteiger charge is -2.37. The number of anilines is 1. The fourth-order valence-corrected chi connectivity index (χ4v) is 3.68. The van der Waals surface area contributed by atoms with Crippen LogP contribution in [0.5, 0.6) is 0 Å². The Morgan fingerprint density at radius 3 is 2.52 bits per heavy atom. The average molecular weight is 420 g/mol. The molecule has 9 heteroatoms. The zero-order valence-corrected chi connectivity index (χ0v) is 18.3. The van der Waals surface area contributed by atoms with Crippen molar-refractivity contribution in [3.05, 3.63) is 41.7 Å². The van der Waals surface area contributed by atoms with E-state index in [1.807, 2.05) is 42.4 Å². The van der Waals surface area contributed by atoms with Crippen LogP contribution in [-0.4, -0.2) is 70.4 Å². The van der Waals surface area contributed by atoms with Crippen molar-refractivity contribution in [3.63, 3.8) is 0 Å². The van der Waals surface area contributed by atoms with Crippen molar-refractivity contribution in [1.29, 1.82) is 0 Å². The lowest BCUT2D eigenvalue weighted by Crippen LogP contribution is -2.52. The Morgan fingerprint density at radius 1 is 1.17 bits per heavy atom. The second-order valence-electron chi connectivity index (χ2n) is 7.09. The fourth-order valence-electron chi connectivity index (χ4n) is 3.25. The zero-order chi connectivity index (χ0) is 20.6. The molecule has 2 aromatic rings. The number of guanidine groups is 1. The first-order valence-electron chi connectivity index (χ1n) is 9.96. The van der Waals surface area contributed by atoms with E-state index in [1.54, 1.807) is 0 Å². The van der Waals surface area contributed by atoms with Gasteiger partial charge in [-0.25, -0.2) is 9.38 Å². The third-order valence-electron chi connectivity index (χ3n) is 5.13. The van der Waals surface area contributed by atoms with E-state index in [0.29, 0.717) is 6.54 Å². The second-order valence-corrected chi connectivity index (χ2v) is 8.07. The molecule has 0 saturated carbocycles. The van der Waals surface area contributed by atoms with Crippen LogP contribution >= 0.6 is 11.8 Å². The standard InChI is InChI=1S/C20H30FN7S/c1-16-24-25-19(26(16)2)15-23-20(22-9-4-14-29-3)28-12-10-27(11-13-28)18-7-5-17(21)6-8-18/h5-8H,4,9-15H2,1-3H3,(H,22,23). The number of halogens is 1. The highest BCUT2D eigenvalue weighted by atomic mass is 32.2. The van der Waals surface area contributed by atoms with Gasteiger partial charge >= 0.3 is 0 Å². The smallest absolute Gasteiger partial charge is 0.194 e. The highest BCUT2D eigenvalue weighted by Gasteiger charge is 2.20. The molecule has 0 radical (unpaired) electrons. The van der Waals surface area contributed by atoms with Gasteiger partial charge in [-0.2, -0.15) is 11.8 Å². The molecule has 0 bridgehead atoms. The van der Waals surface area contributed by atoms with E-state index in [1.165, 1.54) is 12.1 Å². The number of hydrogen-bond acceptors (Lipinski definition) is 5. The molecule has 158 valence electrons. The van der Waals surface area contributed by atoms with Gasteiger partial charge in [0.2, 0.25) is 0 Å². The van der Waals surface area contributed by atoms with E-state index in [0.717, 1.165) is 68.2 Å². The van der Waals surface area contributed by atoms with Crippen LogP contribution in [0.4, 0.5) is 10.1 Å². The number of aliphatic imine (C=N–C) groups is 1. The first-order chi connectivity index (χ1) is 14.1. The quantitative estimate of drug-likeness (QED) is 0.422. The van der Waals surface area contributed by atoms with E-state index in [4.69, 9.17) is 4.99 Å². The van der Waals surface area contributed by atoms with Gasteiger partial charge in [-0.3, -0.25) is 0 Å². The Bertz CT molecular complexity index is 798. The number of piperazine rings is 1. The molecule has 3 rings (SSSR count). The van der Waals surface area contributed by atoms with Gasteiger partial charge in [0.25, 0.3) is 0 Å². The molecule has 1 fully saturated rings. The molecule has 1 N–H and O–H groups in total. The molecule has 0 unspecified atom stereocenters. The molecule has 7 nitrogen and oxygen atoms in total. The summed E-state index contributed by atoms with van der Waals surface area (Å²) in [5, 5.41) is 11.9. The van der Waals surface area contributed by atoms with Gasteiger partial charge < -0.3 is 19.7 Å². The van der Waals surface area contributed by atoms with Crippen molar-refractivity contribution in [3.8, 4) is 0 Å². The van der Waals surface area contributed by atoms with Crippen molar-refractivity contribution < 1.29 is 4.39 Å². The van der Waals surface area contributed by atoms with Crippen LogP contribution < -0.4 is 10.2 Å². The second kappa shape index (κ2) is 10.5. The number of aryl methyl sites for hydroxylation is 1. The summed E-state index contributed by atoms with van der Waals surface area (Å²) < 4.78 is 15.2. The monoisotopic (exact) mass is 419 g/mol. The fraction of sp³-hybridized carbons (Fsp3) is 0.550. The summed E-state index contributed by atoms with van der Waals surface area (Å²) in [6.45, 7) is 6.82. The van der Waals surface area contributed by atoms with Crippen molar-refractivity contribution >= 4 is 23.4 Å². The van der Waals surface area contributed by atoms with Gasteiger partial charge in [-0.15, -0.1) is 10.2 Å². The van der Waals surface area contributed by atoms with Crippen molar-refractivity contribution in [2.24, 2.45) is 12.0 Å².